The molecule has 4 heterocycles. The van der Waals surface area contributed by atoms with E-state index in [1.54, 1.807) is 0 Å². The Morgan fingerprint density at radius 1 is 0.478 bits per heavy atom. The van der Waals surface area contributed by atoms with E-state index in [1.165, 1.54) is 33.4 Å². The molecule has 2 aliphatic rings. The van der Waals surface area contributed by atoms with Crippen LogP contribution in [0.4, 0.5) is 50.4 Å². The number of benzene rings is 1. The van der Waals surface area contributed by atoms with Crippen molar-refractivity contribution in [2.24, 2.45) is 0 Å². The topological polar surface area (TPSA) is 36.0 Å². The Labute approximate surface area is 254 Å². The number of hydrogen-bond donors (Lipinski definition) is 0. The second kappa shape index (κ2) is 11.9. The number of rotatable bonds is 6. The van der Waals surface area contributed by atoms with Crippen molar-refractivity contribution in [1.29, 1.82) is 0 Å². The first-order chi connectivity index (χ1) is 20.7. The molecule has 0 saturated carbocycles. The molecule has 46 heavy (non-hydrogen) atoms. The average molecular weight is 706 g/mol. The van der Waals surface area contributed by atoms with Gasteiger partial charge in [0, 0.05) is 59.7 Å². The molecule has 18 heteroatoms. The molecule has 0 fully saturated rings. The van der Waals surface area contributed by atoms with Crippen LogP contribution in [-0.2, 0) is 13.1 Å². The van der Waals surface area contributed by atoms with Crippen molar-refractivity contribution in [3.05, 3.63) is 132 Å². The van der Waals surface area contributed by atoms with E-state index in [-0.39, 0.29) is 0 Å². The molecular weight excluding hydrogens is 682 g/mol. The Morgan fingerprint density at radius 3 is 1.04 bits per heavy atom. The first kappa shape index (κ1) is 36.3. The summed E-state index contributed by atoms with van der Waals surface area (Å²) in [5.41, 5.74) is 7.39. The van der Waals surface area contributed by atoms with Crippen molar-refractivity contribution in [2.75, 3.05) is 0 Å². The Balaban J connectivity index is 0.000000345. The Hall–Kier alpha value is -4.16. The first-order valence-corrected chi connectivity index (χ1v) is 16.8. The Bertz CT molecular complexity index is 1590. The zero-order chi connectivity index (χ0) is 34.4. The van der Waals surface area contributed by atoms with E-state index < -0.39 is 15.6 Å². The molecule has 0 unspecified atom stereocenters. The molecule has 5 rings (SSSR count). The second-order valence-electron chi connectivity index (χ2n) is 9.68. The molecule has 3 aromatic rings. The molecule has 0 spiro atoms. The minimum atomic E-state index is -10.7. The molecule has 1 aromatic carbocycles. The fourth-order valence-electron chi connectivity index (χ4n) is 3.86. The summed E-state index contributed by atoms with van der Waals surface area (Å²) in [6, 6.07) is 17.3. The minimum absolute atomic E-state index is 0.836. The molecule has 0 N–H and O–H groups in total. The van der Waals surface area contributed by atoms with Crippen molar-refractivity contribution in [1.82, 2.24) is 9.98 Å². The molecule has 2 aromatic heterocycles. The van der Waals surface area contributed by atoms with Crippen molar-refractivity contribution in [3.63, 3.8) is 0 Å². The Morgan fingerprint density at radius 2 is 0.783 bits per heavy atom. The number of aromatic nitrogens is 2. The van der Waals surface area contributed by atoms with Gasteiger partial charge in [0.1, 0.15) is 0 Å². The van der Waals surface area contributed by atoms with Gasteiger partial charge in [-0.2, -0.15) is 0 Å². The third-order valence-corrected chi connectivity index (χ3v) is 5.63. The quantitative estimate of drug-likeness (QED) is 0.139. The van der Waals surface area contributed by atoms with Crippen LogP contribution in [0, 0.1) is 0 Å². The van der Waals surface area contributed by atoms with Crippen LogP contribution in [0.5, 0.6) is 0 Å². The normalized spacial score (nSPS) is 17.0. The van der Waals surface area contributed by atoms with Crippen molar-refractivity contribution in [3.8, 4) is 0 Å². The van der Waals surface area contributed by atoms with Crippen LogP contribution in [0.3, 0.4) is 0 Å². The summed E-state index contributed by atoms with van der Waals surface area (Å²) >= 11 is 0. The fraction of sp³-hybridized carbons (Fsp3) is 0.0714. The zero-order valence-electron chi connectivity index (χ0n) is 23.2. The molecule has 4 nitrogen and oxygen atoms in total. The maximum absolute atomic E-state index is 10.7. The summed E-state index contributed by atoms with van der Waals surface area (Å²) in [5, 5.41) is 0. The van der Waals surface area contributed by atoms with Gasteiger partial charge in [-0.15, -0.1) is 0 Å². The first-order valence-electron chi connectivity index (χ1n) is 12.7. The monoisotopic (exact) mass is 706 g/mol. The van der Waals surface area contributed by atoms with Gasteiger partial charge >= 0.3 is 66.0 Å². The summed E-state index contributed by atoms with van der Waals surface area (Å²) in [6.07, 6.45) is 24.0. The zero-order valence-corrected chi connectivity index (χ0v) is 25.0. The maximum atomic E-state index is 9.87. The van der Waals surface area contributed by atoms with Gasteiger partial charge in [-0.25, -0.2) is 9.13 Å². The SMILES string of the molecule is C1=CC(c2cc[n+](Cc3ccccc3C[n+]3ccc(C4=CC=[N+]C=C4)cc3)cc2)=CC=[N+]1.F[P-](F)(F)(F)(F)F.F[P-](F)(F)(F)(F)F. The standard InChI is InChI=1S/C28H24N4.2F6P/c1-2-4-28(22-32-19-11-26(12-20-32)24-7-15-30-16-8-24)27(3-1)21-31-17-9-25(10-18-31)23-5-13-29-14-6-23;2*1-7(2,3,4,5)6/h1-20H,21-22H2;;/q+4;2*-1. The molecule has 0 bridgehead atoms. The summed E-state index contributed by atoms with van der Waals surface area (Å²) < 4.78 is 123. The van der Waals surface area contributed by atoms with Crippen LogP contribution in [0.25, 0.3) is 11.1 Å². The van der Waals surface area contributed by atoms with Crippen LogP contribution in [0.15, 0.2) is 110 Å². The van der Waals surface area contributed by atoms with Crippen LogP contribution in [0.1, 0.15) is 22.3 Å². The third-order valence-electron chi connectivity index (χ3n) is 5.63. The number of nitrogens with zero attached hydrogens (tertiary/aromatic N) is 4. The predicted molar refractivity (Wildman–Crippen MR) is 156 cm³/mol. The van der Waals surface area contributed by atoms with E-state index in [4.69, 9.17) is 0 Å². The summed E-state index contributed by atoms with van der Waals surface area (Å²) in [7, 11) is -21.3. The van der Waals surface area contributed by atoms with Gasteiger partial charge in [0.05, 0.1) is 9.98 Å². The van der Waals surface area contributed by atoms with Crippen LogP contribution in [0.2, 0.25) is 0 Å². The van der Waals surface area contributed by atoms with Crippen LogP contribution in [-0.4, -0.2) is 12.4 Å². The van der Waals surface area contributed by atoms with E-state index >= 15 is 0 Å². The van der Waals surface area contributed by atoms with Gasteiger partial charge in [0.25, 0.3) is 0 Å². The van der Waals surface area contributed by atoms with E-state index in [2.05, 4.69) is 92.4 Å². The summed E-state index contributed by atoms with van der Waals surface area (Å²) in [4.78, 5) is 8.20. The average Bonchev–Trinajstić information content (AvgIpc) is 2.93. The van der Waals surface area contributed by atoms with Crippen molar-refractivity contribution < 1.29 is 59.5 Å². The molecular formula is C28H24F12N4P2+2. The van der Waals surface area contributed by atoms with Crippen molar-refractivity contribution >= 4 is 39.2 Å². The van der Waals surface area contributed by atoms with E-state index in [0.717, 1.165) is 13.1 Å². The van der Waals surface area contributed by atoms with Gasteiger partial charge < -0.3 is 0 Å². The number of halogens is 12. The molecule has 0 aliphatic carbocycles. The van der Waals surface area contributed by atoms with E-state index in [1.807, 2.05) is 49.1 Å². The van der Waals surface area contributed by atoms with Gasteiger partial charge in [-0.3, -0.25) is 0 Å². The molecule has 2 radical (unpaired) electrons. The number of pyridine rings is 2. The second-order valence-corrected chi connectivity index (χ2v) is 13.5. The predicted octanol–water partition coefficient (Wildman–Crippen LogP) is 9.76. The number of aliphatic imine (C=N–C) groups is 2. The van der Waals surface area contributed by atoms with Gasteiger partial charge in [0.2, 0.25) is 24.8 Å². The fourth-order valence-corrected chi connectivity index (χ4v) is 3.86. The number of allylic oxidation sites excluding steroid dienone is 6. The van der Waals surface area contributed by atoms with Gasteiger partial charge in [-0.1, -0.05) is 24.3 Å². The third kappa shape index (κ3) is 17.4. The van der Waals surface area contributed by atoms with Crippen molar-refractivity contribution in [2.45, 2.75) is 13.1 Å². The van der Waals surface area contributed by atoms with Gasteiger partial charge in [0.15, 0.2) is 37.9 Å². The van der Waals surface area contributed by atoms with Gasteiger partial charge in [-0.05, 0) is 22.3 Å². The molecule has 248 valence electrons. The molecule has 2 aliphatic heterocycles. The van der Waals surface area contributed by atoms with E-state index in [0.29, 0.717) is 0 Å². The molecule has 0 atom stereocenters. The van der Waals surface area contributed by atoms with Crippen LogP contribution < -0.4 is 19.1 Å². The summed E-state index contributed by atoms with van der Waals surface area (Å²) in [6.45, 7) is 1.67. The van der Waals surface area contributed by atoms with E-state index in [9.17, 15) is 50.4 Å². The Kier molecular flexibility index (Phi) is 9.38. The molecule has 0 amide bonds. The number of hydrogen-bond acceptors (Lipinski definition) is 2. The van der Waals surface area contributed by atoms with Crippen LogP contribution >= 0.6 is 15.6 Å². The molecule has 0 saturated heterocycles. The summed E-state index contributed by atoms with van der Waals surface area (Å²) in [5.74, 6) is 0.